The Hall–Kier alpha value is -2.90. The van der Waals surface area contributed by atoms with Gasteiger partial charge in [-0.15, -0.1) is 0 Å². The van der Waals surface area contributed by atoms with Crippen LogP contribution in [0, 0.1) is 5.92 Å². The molecule has 4 N–H and O–H groups in total. The van der Waals surface area contributed by atoms with Gasteiger partial charge in [-0.3, -0.25) is 9.78 Å². The summed E-state index contributed by atoms with van der Waals surface area (Å²) in [4.78, 5) is 31.1. The zero-order valence-electron chi connectivity index (χ0n) is 11.8. The molecule has 1 aliphatic rings. The monoisotopic (exact) mass is 305 g/mol. The minimum atomic E-state index is -1.33. The SMILES string of the molecule is CCOC1=NC(N)=C(C(=O)O)C(c2ccccn2)C1C(=O)O. The van der Waals surface area contributed by atoms with E-state index >= 15 is 0 Å². The van der Waals surface area contributed by atoms with E-state index in [4.69, 9.17) is 10.5 Å². The van der Waals surface area contributed by atoms with Crippen LogP contribution in [0.15, 0.2) is 40.8 Å². The maximum atomic E-state index is 11.7. The fourth-order valence-electron chi connectivity index (χ4n) is 2.36. The topological polar surface area (TPSA) is 135 Å². The number of hydrogen-bond donors (Lipinski definition) is 3. The number of carbonyl (C=O) groups is 2. The van der Waals surface area contributed by atoms with Gasteiger partial charge in [-0.2, -0.15) is 4.99 Å². The molecule has 2 heterocycles. The van der Waals surface area contributed by atoms with Gasteiger partial charge in [0.1, 0.15) is 11.7 Å². The fraction of sp³-hybridized carbons (Fsp3) is 0.286. The molecule has 0 aromatic carbocycles. The number of nitrogens with zero attached hydrogens (tertiary/aromatic N) is 2. The Morgan fingerprint density at radius 3 is 2.59 bits per heavy atom. The summed E-state index contributed by atoms with van der Waals surface area (Å²) < 4.78 is 5.24. The second kappa shape index (κ2) is 6.25. The third-order valence-electron chi connectivity index (χ3n) is 3.21. The number of aliphatic imine (C=N–C) groups is 1. The summed E-state index contributed by atoms with van der Waals surface area (Å²) in [6, 6.07) is 4.84. The van der Waals surface area contributed by atoms with Gasteiger partial charge in [0, 0.05) is 11.9 Å². The molecular formula is C14H15N3O5. The second-order valence-electron chi connectivity index (χ2n) is 4.54. The van der Waals surface area contributed by atoms with Crippen LogP contribution in [0.1, 0.15) is 18.5 Å². The zero-order valence-corrected chi connectivity index (χ0v) is 11.8. The molecule has 8 nitrogen and oxygen atoms in total. The summed E-state index contributed by atoms with van der Waals surface area (Å²) in [7, 11) is 0. The van der Waals surface area contributed by atoms with E-state index in [1.165, 1.54) is 6.20 Å². The average molecular weight is 305 g/mol. The van der Waals surface area contributed by atoms with Crippen molar-refractivity contribution in [2.75, 3.05) is 6.61 Å². The highest BCUT2D eigenvalue weighted by molar-refractivity contribution is 6.03. The van der Waals surface area contributed by atoms with Crippen LogP contribution in [0.2, 0.25) is 0 Å². The third-order valence-corrected chi connectivity index (χ3v) is 3.21. The minimum absolute atomic E-state index is 0.117. The fourth-order valence-corrected chi connectivity index (χ4v) is 2.36. The number of rotatable bonds is 4. The molecular weight excluding hydrogens is 290 g/mol. The lowest BCUT2D eigenvalue weighted by Crippen LogP contribution is -2.39. The predicted molar refractivity (Wildman–Crippen MR) is 76.0 cm³/mol. The summed E-state index contributed by atoms with van der Waals surface area (Å²) in [6.45, 7) is 1.86. The van der Waals surface area contributed by atoms with Crippen molar-refractivity contribution in [1.29, 1.82) is 0 Å². The van der Waals surface area contributed by atoms with Crippen molar-refractivity contribution in [1.82, 2.24) is 4.98 Å². The normalized spacial score (nSPS) is 21.2. The molecule has 1 aliphatic heterocycles. The molecule has 0 saturated heterocycles. The van der Waals surface area contributed by atoms with Gasteiger partial charge in [0.15, 0.2) is 0 Å². The van der Waals surface area contributed by atoms with Gasteiger partial charge in [0.2, 0.25) is 5.90 Å². The molecule has 2 atom stereocenters. The molecule has 0 amide bonds. The molecule has 8 heteroatoms. The maximum absolute atomic E-state index is 11.7. The van der Waals surface area contributed by atoms with Crippen LogP contribution < -0.4 is 5.73 Å². The number of ether oxygens (including phenoxy) is 1. The molecule has 0 aliphatic carbocycles. The molecule has 1 aromatic rings. The molecule has 0 bridgehead atoms. The van der Waals surface area contributed by atoms with Gasteiger partial charge in [-0.1, -0.05) is 6.07 Å². The average Bonchev–Trinajstić information content (AvgIpc) is 2.47. The molecule has 2 unspecified atom stereocenters. The van der Waals surface area contributed by atoms with E-state index in [0.29, 0.717) is 0 Å². The third kappa shape index (κ3) is 2.76. The summed E-state index contributed by atoms with van der Waals surface area (Å²) in [5.74, 6) is -5.35. The first-order chi connectivity index (χ1) is 10.5. The number of aromatic nitrogens is 1. The minimum Gasteiger partial charge on any atom is -0.481 e. The Kier molecular flexibility index (Phi) is 4.40. The van der Waals surface area contributed by atoms with E-state index in [2.05, 4.69) is 9.98 Å². The zero-order chi connectivity index (χ0) is 16.3. The number of nitrogens with two attached hydrogens (primary N) is 1. The smallest absolute Gasteiger partial charge is 0.336 e. The van der Waals surface area contributed by atoms with E-state index < -0.39 is 23.8 Å². The molecule has 1 aromatic heterocycles. The van der Waals surface area contributed by atoms with Crippen molar-refractivity contribution < 1.29 is 24.5 Å². The van der Waals surface area contributed by atoms with Crippen LogP contribution in [0.3, 0.4) is 0 Å². The van der Waals surface area contributed by atoms with Crippen molar-refractivity contribution in [3.63, 3.8) is 0 Å². The van der Waals surface area contributed by atoms with E-state index in [1.807, 2.05) is 0 Å². The lowest BCUT2D eigenvalue weighted by Gasteiger charge is -2.28. The van der Waals surface area contributed by atoms with Gasteiger partial charge in [0.25, 0.3) is 0 Å². The Morgan fingerprint density at radius 2 is 2.09 bits per heavy atom. The highest BCUT2D eigenvalue weighted by Gasteiger charge is 2.44. The van der Waals surface area contributed by atoms with Crippen molar-refractivity contribution in [2.24, 2.45) is 16.6 Å². The van der Waals surface area contributed by atoms with E-state index in [0.717, 1.165) is 0 Å². The summed E-state index contributed by atoms with van der Waals surface area (Å²) in [5, 5.41) is 18.9. The number of hydrogen-bond acceptors (Lipinski definition) is 6. The van der Waals surface area contributed by atoms with Gasteiger partial charge in [0.05, 0.1) is 18.1 Å². The quantitative estimate of drug-likeness (QED) is 0.739. The van der Waals surface area contributed by atoms with Crippen LogP contribution in [-0.4, -0.2) is 39.6 Å². The van der Waals surface area contributed by atoms with E-state index in [9.17, 15) is 19.8 Å². The first kappa shape index (κ1) is 15.5. The summed E-state index contributed by atoms with van der Waals surface area (Å²) in [6.07, 6.45) is 1.45. The molecule has 0 spiro atoms. The molecule has 2 rings (SSSR count). The maximum Gasteiger partial charge on any atom is 0.336 e. The van der Waals surface area contributed by atoms with Crippen molar-refractivity contribution in [2.45, 2.75) is 12.8 Å². The van der Waals surface area contributed by atoms with Gasteiger partial charge in [-0.05, 0) is 19.1 Å². The largest absolute Gasteiger partial charge is 0.481 e. The number of pyridine rings is 1. The number of carboxylic acids is 2. The lowest BCUT2D eigenvalue weighted by atomic mass is 9.80. The van der Waals surface area contributed by atoms with Crippen LogP contribution in [-0.2, 0) is 14.3 Å². The number of carboxylic acid groups (broad SMARTS) is 2. The Balaban J connectivity index is 2.65. The Bertz CT molecular complexity index is 654. The second-order valence-corrected chi connectivity index (χ2v) is 4.54. The van der Waals surface area contributed by atoms with Crippen molar-refractivity contribution in [3.05, 3.63) is 41.5 Å². The van der Waals surface area contributed by atoms with Crippen molar-refractivity contribution >= 4 is 17.8 Å². The summed E-state index contributed by atoms with van der Waals surface area (Å²) >= 11 is 0. The first-order valence-corrected chi connectivity index (χ1v) is 6.55. The van der Waals surface area contributed by atoms with Gasteiger partial charge >= 0.3 is 11.9 Å². The first-order valence-electron chi connectivity index (χ1n) is 6.55. The van der Waals surface area contributed by atoms with E-state index in [-0.39, 0.29) is 29.6 Å². The van der Waals surface area contributed by atoms with Crippen molar-refractivity contribution in [3.8, 4) is 0 Å². The van der Waals surface area contributed by atoms with Crippen LogP contribution in [0.5, 0.6) is 0 Å². The Morgan fingerprint density at radius 1 is 1.36 bits per heavy atom. The highest BCUT2D eigenvalue weighted by Crippen LogP contribution is 2.37. The standard InChI is InChI=1S/C14H15N3O5/c1-2-22-12-10(14(20)21)8(7-5-3-4-6-16-7)9(13(18)19)11(15)17-12/h3-6,8,10H,2,15H2,1H3,(H,18,19)(H,20,21). The van der Waals surface area contributed by atoms with Crippen LogP contribution in [0.25, 0.3) is 0 Å². The highest BCUT2D eigenvalue weighted by atomic mass is 16.5. The van der Waals surface area contributed by atoms with Gasteiger partial charge < -0.3 is 20.7 Å². The molecule has 0 fully saturated rings. The predicted octanol–water partition coefficient (Wildman–Crippen LogP) is 0.569. The summed E-state index contributed by atoms with van der Waals surface area (Å²) in [5.41, 5.74) is 5.68. The molecule has 22 heavy (non-hydrogen) atoms. The Labute approximate surface area is 126 Å². The molecule has 116 valence electrons. The van der Waals surface area contributed by atoms with E-state index in [1.54, 1.807) is 25.1 Å². The van der Waals surface area contributed by atoms with Crippen LogP contribution >= 0.6 is 0 Å². The molecule has 0 radical (unpaired) electrons. The molecule has 0 saturated carbocycles. The van der Waals surface area contributed by atoms with Crippen LogP contribution in [0.4, 0.5) is 0 Å². The number of aliphatic carboxylic acids is 2. The lowest BCUT2D eigenvalue weighted by molar-refractivity contribution is -0.140. The van der Waals surface area contributed by atoms with Gasteiger partial charge in [-0.25, -0.2) is 4.79 Å².